The molecule has 8 rings (SSSR count). The number of para-hydroxylation sites is 1. The summed E-state index contributed by atoms with van der Waals surface area (Å²) >= 11 is 8.89. The molecule has 1 spiro atoms. The quantitative estimate of drug-likeness (QED) is 0.133. The number of thioether (sulfide) groups is 1. The van der Waals surface area contributed by atoms with Crippen molar-refractivity contribution < 1.29 is 18.4 Å². The maximum Gasteiger partial charge on any atom is 0.297 e. The van der Waals surface area contributed by atoms with Crippen LogP contribution in [-0.4, -0.2) is 22.0 Å². The van der Waals surface area contributed by atoms with Crippen LogP contribution in [-0.2, 0) is 22.6 Å². The zero-order valence-electron chi connectivity index (χ0n) is 24.6. The van der Waals surface area contributed by atoms with Crippen molar-refractivity contribution in [3.8, 4) is 0 Å². The molecular weight excluding hydrogens is 659 g/mol. The number of carbonyl (C=O) groups is 2. The SMILES string of the molecule is Cc1ccc2oc3c(c(=O)c2c1)C1(C(=O)N(Cc2ccc(F)cc2)c2ccccc21)N(c1nnc(SCc2ccccc2Cl)s1)C3=O. The van der Waals surface area contributed by atoms with Crippen molar-refractivity contribution in [3.05, 3.63) is 146 Å². The molecule has 1 atom stereocenters. The molecule has 0 aliphatic carbocycles. The van der Waals surface area contributed by atoms with Crippen molar-refractivity contribution in [2.24, 2.45) is 0 Å². The van der Waals surface area contributed by atoms with Crippen molar-refractivity contribution in [2.75, 3.05) is 9.80 Å². The molecule has 0 radical (unpaired) electrons. The molecule has 0 bridgehead atoms. The molecule has 0 N–H and O–H groups in total. The van der Waals surface area contributed by atoms with Gasteiger partial charge in [0, 0.05) is 16.3 Å². The van der Waals surface area contributed by atoms with E-state index in [1.165, 1.54) is 33.7 Å². The summed E-state index contributed by atoms with van der Waals surface area (Å²) in [6, 6.07) is 25.5. The molecular formula is C35H22ClFN4O4S2. The molecule has 232 valence electrons. The predicted octanol–water partition coefficient (Wildman–Crippen LogP) is 7.49. The summed E-state index contributed by atoms with van der Waals surface area (Å²) in [7, 11) is 0. The number of rotatable bonds is 6. The third kappa shape index (κ3) is 4.52. The van der Waals surface area contributed by atoms with Gasteiger partial charge in [-0.1, -0.05) is 94.9 Å². The molecule has 8 nitrogen and oxygen atoms in total. The fourth-order valence-electron chi connectivity index (χ4n) is 6.31. The van der Waals surface area contributed by atoms with E-state index in [0.29, 0.717) is 31.9 Å². The highest BCUT2D eigenvalue weighted by Crippen LogP contribution is 2.55. The predicted molar refractivity (Wildman–Crippen MR) is 180 cm³/mol. The van der Waals surface area contributed by atoms with Crippen LogP contribution in [0, 0.1) is 12.7 Å². The fourth-order valence-corrected chi connectivity index (χ4v) is 8.49. The first-order valence-electron chi connectivity index (χ1n) is 14.6. The highest BCUT2D eigenvalue weighted by atomic mass is 35.5. The lowest BCUT2D eigenvalue weighted by Gasteiger charge is -2.32. The van der Waals surface area contributed by atoms with Gasteiger partial charge in [-0.25, -0.2) is 4.39 Å². The molecule has 0 saturated heterocycles. The van der Waals surface area contributed by atoms with Crippen molar-refractivity contribution in [2.45, 2.75) is 29.1 Å². The smallest absolute Gasteiger partial charge is 0.297 e. The zero-order chi connectivity index (χ0) is 32.4. The van der Waals surface area contributed by atoms with Crippen LogP contribution < -0.4 is 15.2 Å². The molecule has 4 heterocycles. The number of carbonyl (C=O) groups excluding carboxylic acids is 2. The zero-order valence-corrected chi connectivity index (χ0v) is 27.0. The number of halogens is 2. The van der Waals surface area contributed by atoms with E-state index in [-0.39, 0.29) is 34.0 Å². The summed E-state index contributed by atoms with van der Waals surface area (Å²) in [5.41, 5.74) is 1.09. The monoisotopic (exact) mass is 680 g/mol. The summed E-state index contributed by atoms with van der Waals surface area (Å²) in [4.78, 5) is 46.9. The standard InChI is InChI=1S/C35H22ClFN4O4S2/c1-19-10-15-27-23(16-19)29(42)28-30(45-27)31(43)41(33-38-39-34(47-33)46-18-21-6-2-4-8-25(21)36)35(28)24-7-3-5-9-26(24)40(32(35)44)17-20-11-13-22(37)14-12-20/h2-16H,17-18H2,1H3. The van der Waals surface area contributed by atoms with E-state index in [4.69, 9.17) is 16.0 Å². The minimum atomic E-state index is -1.92. The van der Waals surface area contributed by atoms with Gasteiger partial charge in [-0.2, -0.15) is 0 Å². The number of amides is 2. The Morgan fingerprint density at radius 3 is 2.53 bits per heavy atom. The molecule has 1 unspecified atom stereocenters. The average Bonchev–Trinajstić information content (AvgIpc) is 3.71. The van der Waals surface area contributed by atoms with Crippen LogP contribution in [0.1, 0.15) is 38.4 Å². The fraction of sp³-hybridized carbons (Fsp3) is 0.114. The van der Waals surface area contributed by atoms with Crippen LogP contribution >= 0.6 is 34.7 Å². The lowest BCUT2D eigenvalue weighted by molar-refractivity contribution is -0.121. The number of nitrogens with zero attached hydrogens (tertiary/aromatic N) is 4. The number of hydrogen-bond acceptors (Lipinski definition) is 8. The van der Waals surface area contributed by atoms with Gasteiger partial charge >= 0.3 is 0 Å². The first-order chi connectivity index (χ1) is 22.8. The second kappa shape index (κ2) is 11.2. The van der Waals surface area contributed by atoms with Crippen molar-refractivity contribution in [1.82, 2.24) is 10.2 Å². The first-order valence-corrected chi connectivity index (χ1v) is 16.7. The van der Waals surface area contributed by atoms with Crippen LogP contribution in [0.4, 0.5) is 15.2 Å². The molecule has 0 fully saturated rings. The van der Waals surface area contributed by atoms with E-state index in [2.05, 4.69) is 10.2 Å². The molecule has 6 aromatic rings. The van der Waals surface area contributed by atoms with Gasteiger partial charge < -0.3 is 9.32 Å². The van der Waals surface area contributed by atoms with E-state index in [9.17, 15) is 14.0 Å². The van der Waals surface area contributed by atoms with Crippen molar-refractivity contribution >= 4 is 68.3 Å². The Bertz CT molecular complexity index is 2330. The van der Waals surface area contributed by atoms with Crippen LogP contribution in [0.3, 0.4) is 0 Å². The third-order valence-electron chi connectivity index (χ3n) is 8.43. The maximum atomic E-state index is 15.1. The number of benzene rings is 4. The van der Waals surface area contributed by atoms with Crippen LogP contribution in [0.2, 0.25) is 5.02 Å². The van der Waals surface area contributed by atoms with Crippen LogP contribution in [0.25, 0.3) is 11.0 Å². The van der Waals surface area contributed by atoms with Gasteiger partial charge in [0.05, 0.1) is 23.2 Å². The number of fused-ring (bicyclic) bond motifs is 5. The van der Waals surface area contributed by atoms with Gasteiger partial charge in [0.2, 0.25) is 10.9 Å². The van der Waals surface area contributed by atoms with Gasteiger partial charge in [0.25, 0.3) is 11.8 Å². The van der Waals surface area contributed by atoms with E-state index in [0.717, 1.165) is 22.5 Å². The summed E-state index contributed by atoms with van der Waals surface area (Å²) in [6.07, 6.45) is 0. The number of aryl methyl sites for hydroxylation is 1. The molecule has 4 aromatic carbocycles. The topological polar surface area (TPSA) is 96.6 Å². The maximum absolute atomic E-state index is 15.1. The van der Waals surface area contributed by atoms with Gasteiger partial charge in [0.15, 0.2) is 15.3 Å². The normalized spacial score (nSPS) is 16.8. The van der Waals surface area contributed by atoms with Crippen LogP contribution in [0.5, 0.6) is 0 Å². The molecule has 0 saturated carbocycles. The van der Waals surface area contributed by atoms with Gasteiger partial charge in [0.1, 0.15) is 11.4 Å². The van der Waals surface area contributed by atoms with E-state index in [1.54, 1.807) is 54.6 Å². The average molecular weight is 681 g/mol. The number of hydrogen-bond donors (Lipinski definition) is 0. The molecule has 2 amide bonds. The van der Waals surface area contributed by atoms with E-state index < -0.39 is 28.6 Å². The molecule has 2 aromatic heterocycles. The lowest BCUT2D eigenvalue weighted by atomic mass is 9.84. The van der Waals surface area contributed by atoms with E-state index >= 15 is 4.79 Å². The Labute approximate surface area is 280 Å². The van der Waals surface area contributed by atoms with Crippen molar-refractivity contribution in [1.29, 1.82) is 0 Å². The number of anilines is 2. The van der Waals surface area contributed by atoms with Crippen LogP contribution in [0.15, 0.2) is 105 Å². The third-order valence-corrected chi connectivity index (χ3v) is 10.9. The summed E-state index contributed by atoms with van der Waals surface area (Å²) < 4.78 is 20.5. The van der Waals surface area contributed by atoms with Gasteiger partial charge in [-0.3, -0.25) is 19.3 Å². The first kappa shape index (κ1) is 29.6. The molecule has 47 heavy (non-hydrogen) atoms. The second-order valence-electron chi connectivity index (χ2n) is 11.3. The summed E-state index contributed by atoms with van der Waals surface area (Å²) in [5.74, 6) is -1.33. The minimum absolute atomic E-state index is 0.0693. The Balaban J connectivity index is 1.32. The molecule has 12 heteroatoms. The second-order valence-corrected chi connectivity index (χ2v) is 13.8. The van der Waals surface area contributed by atoms with Gasteiger partial charge in [-0.05, 0) is 54.4 Å². The summed E-state index contributed by atoms with van der Waals surface area (Å²) in [5, 5.41) is 9.75. The largest absolute Gasteiger partial charge is 0.450 e. The number of aromatic nitrogens is 2. The van der Waals surface area contributed by atoms with Gasteiger partial charge in [-0.15, -0.1) is 10.2 Å². The highest BCUT2D eigenvalue weighted by Gasteiger charge is 2.66. The Morgan fingerprint density at radius 2 is 1.72 bits per heavy atom. The highest BCUT2D eigenvalue weighted by molar-refractivity contribution is 8.00. The van der Waals surface area contributed by atoms with E-state index in [1.807, 2.05) is 31.2 Å². The van der Waals surface area contributed by atoms with Crippen molar-refractivity contribution in [3.63, 3.8) is 0 Å². The Morgan fingerprint density at radius 1 is 0.957 bits per heavy atom. The Hall–Kier alpha value is -4.84. The lowest BCUT2D eigenvalue weighted by Crippen LogP contribution is -2.53. The summed E-state index contributed by atoms with van der Waals surface area (Å²) in [6.45, 7) is 1.92. The minimum Gasteiger partial charge on any atom is -0.450 e. The molecule has 2 aliphatic heterocycles. The Kier molecular flexibility index (Phi) is 7.01. The molecule has 2 aliphatic rings.